The third-order valence-electron chi connectivity index (χ3n) is 6.56. The Labute approximate surface area is 199 Å². The molecule has 3 aromatic rings. The molecule has 0 spiro atoms. The average molecular weight is 454 g/mol. The molecule has 0 aliphatic carbocycles. The van der Waals surface area contributed by atoms with E-state index in [9.17, 15) is 10.1 Å². The number of amides is 1. The third-order valence-corrected chi connectivity index (χ3v) is 6.56. The Hall–Kier alpha value is -3.89. The van der Waals surface area contributed by atoms with Gasteiger partial charge in [-0.2, -0.15) is 5.26 Å². The van der Waals surface area contributed by atoms with E-state index in [4.69, 9.17) is 4.74 Å². The molecule has 7 heteroatoms. The number of rotatable bonds is 2. The second-order valence-corrected chi connectivity index (χ2v) is 8.88. The van der Waals surface area contributed by atoms with Crippen LogP contribution < -0.4 is 4.74 Å². The van der Waals surface area contributed by atoms with Gasteiger partial charge in [0.15, 0.2) is 0 Å². The molecule has 1 amide bonds. The highest BCUT2D eigenvalue weighted by Gasteiger charge is 2.26. The lowest BCUT2D eigenvalue weighted by molar-refractivity contribution is -0.136. The molecule has 6 rings (SSSR count). The zero-order valence-electron chi connectivity index (χ0n) is 19.3. The van der Waals surface area contributed by atoms with Gasteiger partial charge in [0.1, 0.15) is 23.4 Å². The summed E-state index contributed by atoms with van der Waals surface area (Å²) in [5, 5.41) is 9.66. The van der Waals surface area contributed by atoms with Gasteiger partial charge in [-0.3, -0.25) is 9.69 Å². The maximum absolute atomic E-state index is 13.0. The molecule has 0 radical (unpaired) electrons. The van der Waals surface area contributed by atoms with Gasteiger partial charge in [0, 0.05) is 38.9 Å². The van der Waals surface area contributed by atoms with E-state index in [2.05, 4.69) is 27.1 Å². The van der Waals surface area contributed by atoms with E-state index in [-0.39, 0.29) is 5.91 Å². The van der Waals surface area contributed by atoms with E-state index in [1.807, 2.05) is 60.5 Å². The van der Waals surface area contributed by atoms with Crippen LogP contribution in [0.1, 0.15) is 33.8 Å². The summed E-state index contributed by atoms with van der Waals surface area (Å²) in [6, 6.07) is 13.9. The zero-order chi connectivity index (χ0) is 23.7. The Morgan fingerprint density at radius 3 is 2.82 bits per heavy atom. The van der Waals surface area contributed by atoms with Crippen molar-refractivity contribution in [3.63, 3.8) is 0 Å². The number of piperazine rings is 1. The third kappa shape index (κ3) is 4.33. The number of allylic oxidation sites excluding steroid dienone is 1. The molecule has 1 aromatic heterocycles. The first kappa shape index (κ1) is 21.9. The second kappa shape index (κ2) is 9.16. The van der Waals surface area contributed by atoms with Crippen LogP contribution in [0.15, 0.2) is 55.3 Å². The molecule has 3 aliphatic rings. The van der Waals surface area contributed by atoms with Crippen molar-refractivity contribution >= 4 is 5.91 Å². The molecule has 1 unspecified atom stereocenters. The number of aryl methyl sites for hydroxylation is 1. The number of carbonyl (C=O) groups is 1. The topological polar surface area (TPSA) is 74.4 Å². The molecule has 4 heterocycles. The number of ether oxygens (including phenoxy) is 1. The minimum Gasteiger partial charge on any atom is -0.456 e. The van der Waals surface area contributed by atoms with Crippen LogP contribution >= 0.6 is 0 Å². The van der Waals surface area contributed by atoms with Crippen LogP contribution in [-0.2, 0) is 30.8 Å². The monoisotopic (exact) mass is 453 g/mol. The predicted molar refractivity (Wildman–Crippen MR) is 128 cm³/mol. The highest BCUT2D eigenvalue weighted by molar-refractivity contribution is 5.79. The van der Waals surface area contributed by atoms with Gasteiger partial charge in [0.05, 0.1) is 17.8 Å². The largest absolute Gasteiger partial charge is 0.456 e. The predicted octanol–water partition coefficient (Wildman–Crippen LogP) is 3.79. The van der Waals surface area contributed by atoms with Gasteiger partial charge >= 0.3 is 0 Å². The molecule has 34 heavy (non-hydrogen) atoms. The van der Waals surface area contributed by atoms with Gasteiger partial charge in [0.2, 0.25) is 5.91 Å². The Morgan fingerprint density at radius 1 is 1.15 bits per heavy atom. The van der Waals surface area contributed by atoms with E-state index in [0.29, 0.717) is 56.2 Å². The van der Waals surface area contributed by atoms with Gasteiger partial charge in [-0.1, -0.05) is 18.2 Å². The van der Waals surface area contributed by atoms with Gasteiger partial charge < -0.3 is 14.2 Å². The molecule has 6 bridgehead atoms. The number of nitriles is 1. The summed E-state index contributed by atoms with van der Waals surface area (Å²) in [4.78, 5) is 21.7. The molecule has 172 valence electrons. The number of imidazole rings is 1. The molecule has 1 atom stereocenters. The summed E-state index contributed by atoms with van der Waals surface area (Å²) < 4.78 is 8.40. The number of hydrogen-bond acceptors (Lipinski definition) is 5. The fourth-order valence-electron chi connectivity index (χ4n) is 4.67. The number of aromatic nitrogens is 2. The summed E-state index contributed by atoms with van der Waals surface area (Å²) >= 11 is 0. The second-order valence-electron chi connectivity index (χ2n) is 8.88. The fraction of sp³-hybridized carbons (Fsp3) is 0.296. The maximum Gasteiger partial charge on any atom is 0.237 e. The standard InChI is InChI=1S/C27H27N5O2/c1-3-4-21-7-8-25-12-23(21)16-31-10-9-30(18-27(31)33)17-24-14-29-19(2)32(24)15-20-5-6-22(13-28)26(11-20)34-25/h3,5-8,11-12,14H,1,4,9-10,15-18H2,2H3. The van der Waals surface area contributed by atoms with Gasteiger partial charge in [0.25, 0.3) is 0 Å². The highest BCUT2D eigenvalue weighted by Crippen LogP contribution is 2.30. The maximum atomic E-state index is 13.0. The number of fused-ring (bicyclic) bond motifs is 2. The lowest BCUT2D eigenvalue weighted by Gasteiger charge is -2.35. The summed E-state index contributed by atoms with van der Waals surface area (Å²) in [5.74, 6) is 2.20. The van der Waals surface area contributed by atoms with Gasteiger partial charge in [-0.25, -0.2) is 4.98 Å². The molecule has 1 saturated heterocycles. The number of hydrogen-bond donors (Lipinski definition) is 0. The van der Waals surface area contributed by atoms with Crippen LogP contribution in [0.25, 0.3) is 0 Å². The van der Waals surface area contributed by atoms with Crippen molar-refractivity contribution in [1.29, 1.82) is 5.26 Å². The van der Waals surface area contributed by atoms with Crippen LogP contribution in [0.5, 0.6) is 11.5 Å². The van der Waals surface area contributed by atoms with Crippen LogP contribution in [0.3, 0.4) is 0 Å². The Morgan fingerprint density at radius 2 is 2.03 bits per heavy atom. The quantitative estimate of drug-likeness (QED) is 0.552. The lowest BCUT2D eigenvalue weighted by Crippen LogP contribution is -2.49. The molecule has 1 fully saturated rings. The molecule has 3 aliphatic heterocycles. The molecule has 7 nitrogen and oxygen atoms in total. The number of benzene rings is 2. The first-order valence-corrected chi connectivity index (χ1v) is 11.5. The van der Waals surface area contributed by atoms with Crippen LogP contribution in [0, 0.1) is 18.3 Å². The van der Waals surface area contributed by atoms with Crippen molar-refractivity contribution in [2.24, 2.45) is 0 Å². The molecular weight excluding hydrogens is 426 g/mol. The van der Waals surface area contributed by atoms with E-state index in [1.54, 1.807) is 0 Å². The van der Waals surface area contributed by atoms with Gasteiger partial charge in [-0.15, -0.1) is 6.58 Å². The van der Waals surface area contributed by atoms with Crippen LogP contribution in [0.4, 0.5) is 0 Å². The van der Waals surface area contributed by atoms with E-state index < -0.39 is 0 Å². The van der Waals surface area contributed by atoms with Crippen molar-refractivity contribution in [2.45, 2.75) is 33.0 Å². The van der Waals surface area contributed by atoms with Crippen molar-refractivity contribution in [2.75, 3.05) is 19.6 Å². The van der Waals surface area contributed by atoms with Crippen molar-refractivity contribution in [3.05, 3.63) is 89.0 Å². The average Bonchev–Trinajstić information content (AvgIpc) is 3.16. The zero-order valence-corrected chi connectivity index (χ0v) is 19.3. The van der Waals surface area contributed by atoms with Crippen molar-refractivity contribution in [1.82, 2.24) is 19.4 Å². The van der Waals surface area contributed by atoms with E-state index in [0.717, 1.165) is 34.8 Å². The van der Waals surface area contributed by atoms with Crippen LogP contribution in [0.2, 0.25) is 0 Å². The first-order chi connectivity index (χ1) is 16.5. The lowest BCUT2D eigenvalue weighted by atomic mass is 10.0. The SMILES string of the molecule is C=CCc1ccc2cc1CN1CCN(CC1=O)Cc1cnc(C)n1Cc1ccc(C#N)c(c1)O2. The van der Waals surface area contributed by atoms with Crippen molar-refractivity contribution < 1.29 is 9.53 Å². The molecule has 2 aromatic carbocycles. The first-order valence-electron chi connectivity index (χ1n) is 11.5. The summed E-state index contributed by atoms with van der Waals surface area (Å²) in [7, 11) is 0. The number of carbonyl (C=O) groups excluding carboxylic acids is 1. The smallest absolute Gasteiger partial charge is 0.237 e. The Bertz CT molecular complexity index is 1300. The van der Waals surface area contributed by atoms with E-state index >= 15 is 0 Å². The normalized spacial score (nSPS) is 17.6. The minimum atomic E-state index is 0.119. The Kier molecular flexibility index (Phi) is 5.91. The number of nitrogens with zero attached hydrogens (tertiary/aromatic N) is 5. The highest BCUT2D eigenvalue weighted by atomic mass is 16.5. The molecular formula is C27H27N5O2. The molecule has 0 saturated carbocycles. The fourth-order valence-corrected chi connectivity index (χ4v) is 4.67. The van der Waals surface area contributed by atoms with Gasteiger partial charge in [-0.05, 0) is 54.3 Å². The summed E-state index contributed by atoms with van der Waals surface area (Å²) in [5.41, 5.74) is 4.72. The van der Waals surface area contributed by atoms with E-state index in [1.165, 1.54) is 0 Å². The van der Waals surface area contributed by atoms with Crippen molar-refractivity contribution in [3.8, 4) is 17.6 Å². The summed E-state index contributed by atoms with van der Waals surface area (Å²) in [6.45, 7) is 9.53. The Balaban J connectivity index is 1.61. The van der Waals surface area contributed by atoms with Crippen LogP contribution in [-0.4, -0.2) is 44.9 Å². The summed E-state index contributed by atoms with van der Waals surface area (Å²) in [6.07, 6.45) is 4.47. The molecule has 0 N–H and O–H groups in total. The minimum absolute atomic E-state index is 0.119.